The molecule has 1 aliphatic rings. The predicted octanol–water partition coefficient (Wildman–Crippen LogP) is 2.04. The molecule has 1 aromatic rings. The Labute approximate surface area is 131 Å². The zero-order chi connectivity index (χ0) is 15.6. The van der Waals surface area contributed by atoms with Crippen LogP contribution >= 0.6 is 11.8 Å². The van der Waals surface area contributed by atoms with E-state index in [4.69, 9.17) is 5.73 Å². The summed E-state index contributed by atoms with van der Waals surface area (Å²) in [5.74, 6) is 0.957. The number of nitrogens with two attached hydrogens (primary N) is 1. The van der Waals surface area contributed by atoms with Gasteiger partial charge < -0.3 is 10.3 Å². The van der Waals surface area contributed by atoms with Gasteiger partial charge in [0.1, 0.15) is 4.90 Å². The van der Waals surface area contributed by atoms with Gasteiger partial charge >= 0.3 is 0 Å². The van der Waals surface area contributed by atoms with Gasteiger partial charge in [0.05, 0.1) is 0 Å². The number of nitrogens with zero attached hydrogens (tertiary/aromatic N) is 2. The van der Waals surface area contributed by atoms with Crippen molar-refractivity contribution in [3.63, 3.8) is 0 Å². The third-order valence-electron chi connectivity index (χ3n) is 4.09. The topological polar surface area (TPSA) is 68.3 Å². The van der Waals surface area contributed by atoms with Crippen LogP contribution in [0.25, 0.3) is 0 Å². The van der Waals surface area contributed by atoms with Crippen LogP contribution in [0.1, 0.15) is 37.9 Å². The summed E-state index contributed by atoms with van der Waals surface area (Å²) in [4.78, 5) is 0.369. The molecular formula is C14H25N3O2S2. The van der Waals surface area contributed by atoms with Gasteiger partial charge in [-0.1, -0.05) is 0 Å². The molecule has 120 valence electrons. The van der Waals surface area contributed by atoms with Crippen molar-refractivity contribution >= 4 is 21.8 Å². The highest BCUT2D eigenvalue weighted by molar-refractivity contribution is 7.98. The molecule has 7 heteroatoms. The minimum Gasteiger partial charge on any atom is -0.346 e. The van der Waals surface area contributed by atoms with Gasteiger partial charge in [0.15, 0.2) is 0 Å². The molecule has 0 amide bonds. The predicted molar refractivity (Wildman–Crippen MR) is 88.0 cm³/mol. The zero-order valence-electron chi connectivity index (χ0n) is 12.9. The molecule has 0 aromatic carbocycles. The van der Waals surface area contributed by atoms with Gasteiger partial charge in [-0.05, 0) is 44.3 Å². The van der Waals surface area contributed by atoms with Crippen LogP contribution in [0.2, 0.25) is 0 Å². The van der Waals surface area contributed by atoms with Crippen LogP contribution in [-0.4, -0.2) is 42.4 Å². The molecule has 1 aliphatic carbocycles. The van der Waals surface area contributed by atoms with E-state index in [9.17, 15) is 8.42 Å². The Morgan fingerprint density at radius 1 is 1.52 bits per heavy atom. The Morgan fingerprint density at radius 3 is 2.71 bits per heavy atom. The lowest BCUT2D eigenvalue weighted by molar-refractivity contribution is 0.382. The third kappa shape index (κ3) is 3.64. The van der Waals surface area contributed by atoms with Crippen LogP contribution in [0, 0.1) is 0 Å². The van der Waals surface area contributed by atoms with Crippen LogP contribution in [-0.2, 0) is 16.6 Å². The van der Waals surface area contributed by atoms with E-state index in [2.05, 4.69) is 0 Å². The highest BCUT2D eigenvalue weighted by Crippen LogP contribution is 2.37. The molecule has 0 saturated heterocycles. The van der Waals surface area contributed by atoms with Crippen molar-refractivity contribution in [2.24, 2.45) is 5.73 Å². The number of thioether (sulfide) groups is 1. The fourth-order valence-electron chi connectivity index (χ4n) is 2.37. The van der Waals surface area contributed by atoms with Crippen molar-refractivity contribution in [2.75, 3.05) is 19.1 Å². The first-order valence-electron chi connectivity index (χ1n) is 7.29. The van der Waals surface area contributed by atoms with E-state index in [1.54, 1.807) is 31.1 Å². The molecule has 1 aromatic heterocycles. The van der Waals surface area contributed by atoms with Gasteiger partial charge in [-0.3, -0.25) is 0 Å². The van der Waals surface area contributed by atoms with E-state index < -0.39 is 10.0 Å². The van der Waals surface area contributed by atoms with Crippen molar-refractivity contribution < 1.29 is 8.42 Å². The largest absolute Gasteiger partial charge is 0.346 e. The molecule has 0 radical (unpaired) electrons. The minimum atomic E-state index is -3.44. The lowest BCUT2D eigenvalue weighted by Crippen LogP contribution is -2.35. The highest BCUT2D eigenvalue weighted by Gasteiger charge is 2.30. The minimum absolute atomic E-state index is 0.00643. The Bertz CT molecular complexity index is 579. The summed E-state index contributed by atoms with van der Waals surface area (Å²) in [5.41, 5.74) is 6.65. The Balaban J connectivity index is 2.22. The third-order valence-corrected chi connectivity index (χ3v) is 6.67. The number of rotatable bonds is 8. The van der Waals surface area contributed by atoms with Crippen LogP contribution in [0.5, 0.6) is 0 Å². The zero-order valence-corrected chi connectivity index (χ0v) is 14.6. The molecule has 0 spiro atoms. The molecule has 2 N–H and O–H groups in total. The Hall–Kier alpha value is -0.500. The van der Waals surface area contributed by atoms with E-state index in [1.807, 2.05) is 17.7 Å². The van der Waals surface area contributed by atoms with Gasteiger partial charge in [0.2, 0.25) is 10.0 Å². The van der Waals surface area contributed by atoms with Crippen molar-refractivity contribution in [1.82, 2.24) is 8.87 Å². The molecule has 21 heavy (non-hydrogen) atoms. The summed E-state index contributed by atoms with van der Waals surface area (Å²) in [5, 5.41) is 0. The van der Waals surface area contributed by atoms with E-state index in [0.29, 0.717) is 17.5 Å². The van der Waals surface area contributed by atoms with Crippen molar-refractivity contribution in [3.8, 4) is 0 Å². The molecule has 0 aliphatic heterocycles. The molecule has 1 fully saturated rings. The lowest BCUT2D eigenvalue weighted by atomic mass is 10.3. The second-order valence-corrected chi connectivity index (χ2v) is 8.64. The Kier molecular flexibility index (Phi) is 5.40. The second kappa shape index (κ2) is 6.73. The number of aromatic nitrogens is 1. The molecular weight excluding hydrogens is 306 g/mol. The molecule has 2 rings (SSSR count). The maximum atomic E-state index is 12.7. The van der Waals surface area contributed by atoms with Crippen molar-refractivity contribution in [1.29, 1.82) is 0 Å². The maximum Gasteiger partial charge on any atom is 0.244 e. The first-order valence-corrected chi connectivity index (χ1v) is 10.1. The van der Waals surface area contributed by atoms with Crippen LogP contribution in [0.4, 0.5) is 0 Å². The number of hydrogen-bond donors (Lipinski definition) is 1. The quantitative estimate of drug-likeness (QED) is 0.791. The van der Waals surface area contributed by atoms with Gasteiger partial charge in [0.25, 0.3) is 0 Å². The first-order chi connectivity index (χ1) is 9.91. The van der Waals surface area contributed by atoms with E-state index in [0.717, 1.165) is 30.7 Å². The number of hydrogen-bond acceptors (Lipinski definition) is 4. The summed E-state index contributed by atoms with van der Waals surface area (Å²) >= 11 is 1.73. The lowest BCUT2D eigenvalue weighted by Gasteiger charge is -2.23. The van der Waals surface area contributed by atoms with Gasteiger partial charge in [0, 0.05) is 37.6 Å². The molecule has 1 atom stereocenters. The van der Waals surface area contributed by atoms with Crippen LogP contribution < -0.4 is 5.73 Å². The van der Waals surface area contributed by atoms with E-state index in [1.165, 1.54) is 4.31 Å². The Morgan fingerprint density at radius 2 is 2.19 bits per heavy atom. The monoisotopic (exact) mass is 331 g/mol. The normalized spacial score (nSPS) is 17.4. The van der Waals surface area contributed by atoms with Gasteiger partial charge in [-0.2, -0.15) is 16.1 Å². The number of sulfonamides is 1. The van der Waals surface area contributed by atoms with E-state index in [-0.39, 0.29) is 6.04 Å². The first kappa shape index (κ1) is 16.9. The average molecular weight is 332 g/mol. The summed E-state index contributed by atoms with van der Waals surface area (Å²) < 4.78 is 29.0. The molecule has 1 unspecified atom stereocenters. The average Bonchev–Trinajstić information content (AvgIpc) is 3.22. The summed E-state index contributed by atoms with van der Waals surface area (Å²) in [7, 11) is -1.77. The van der Waals surface area contributed by atoms with Crippen molar-refractivity contribution in [3.05, 3.63) is 18.0 Å². The van der Waals surface area contributed by atoms with Gasteiger partial charge in [-0.25, -0.2) is 8.42 Å². The maximum absolute atomic E-state index is 12.7. The molecule has 0 bridgehead atoms. The second-order valence-electron chi connectivity index (χ2n) is 5.66. The summed E-state index contributed by atoms with van der Waals surface area (Å²) in [6.07, 6.45) is 6.86. The van der Waals surface area contributed by atoms with Crippen molar-refractivity contribution in [2.45, 2.75) is 49.7 Å². The molecule has 5 nitrogen and oxygen atoms in total. The van der Waals surface area contributed by atoms with Gasteiger partial charge in [-0.15, -0.1) is 0 Å². The van der Waals surface area contributed by atoms with E-state index >= 15 is 0 Å². The SMILES string of the molecule is CSCCC(C)N(C)S(=O)(=O)c1cc(CN)n(C2CC2)c1. The highest BCUT2D eigenvalue weighted by atomic mass is 32.2. The smallest absolute Gasteiger partial charge is 0.244 e. The fraction of sp³-hybridized carbons (Fsp3) is 0.714. The van der Waals surface area contributed by atoms with Crippen LogP contribution in [0.15, 0.2) is 17.2 Å². The summed E-state index contributed by atoms with van der Waals surface area (Å²) in [6.45, 7) is 2.33. The fourth-order valence-corrected chi connectivity index (χ4v) is 4.39. The standard InChI is InChI=1S/C14H25N3O2S2/c1-11(6-7-20-3)16(2)21(18,19)14-8-13(9-15)17(10-14)12-4-5-12/h8,10-12H,4-7,9,15H2,1-3H3. The summed E-state index contributed by atoms with van der Waals surface area (Å²) in [6, 6.07) is 2.16. The molecule has 1 heterocycles. The van der Waals surface area contributed by atoms with Crippen LogP contribution in [0.3, 0.4) is 0 Å². The molecule has 1 saturated carbocycles.